The monoisotopic (exact) mass is 369 g/mol. The van der Waals surface area contributed by atoms with E-state index in [2.05, 4.69) is 41.7 Å². The Morgan fingerprint density at radius 2 is 1.91 bits per heavy atom. The predicted molar refractivity (Wildman–Crippen MR) is 95.8 cm³/mol. The Balaban J connectivity index is 1.68. The maximum Gasteiger partial charge on any atom is 0.244 e. The summed E-state index contributed by atoms with van der Waals surface area (Å²) >= 11 is 3.49. The molecule has 6 heteroatoms. The maximum absolute atomic E-state index is 4.43. The highest BCUT2D eigenvalue weighted by Crippen LogP contribution is 2.22. The summed E-state index contributed by atoms with van der Waals surface area (Å²) < 4.78 is 1.08. The highest BCUT2D eigenvalue weighted by molar-refractivity contribution is 9.10. The molecule has 2 N–H and O–H groups in total. The van der Waals surface area contributed by atoms with Crippen molar-refractivity contribution in [3.63, 3.8) is 0 Å². The zero-order valence-corrected chi connectivity index (χ0v) is 14.2. The van der Waals surface area contributed by atoms with Crippen LogP contribution in [-0.2, 0) is 6.54 Å². The zero-order valence-electron chi connectivity index (χ0n) is 12.6. The lowest BCUT2D eigenvalue weighted by Crippen LogP contribution is -2.06. The summed E-state index contributed by atoms with van der Waals surface area (Å²) in [5.41, 5.74) is 3.28. The number of hydrogen-bond acceptors (Lipinski definition) is 5. The Hall–Kier alpha value is -2.47. The van der Waals surface area contributed by atoms with Crippen molar-refractivity contribution < 1.29 is 0 Å². The molecule has 0 aliphatic carbocycles. The van der Waals surface area contributed by atoms with Gasteiger partial charge in [-0.1, -0.05) is 46.3 Å². The van der Waals surface area contributed by atoms with Crippen LogP contribution in [0.25, 0.3) is 0 Å². The molecule has 1 heterocycles. The molecule has 0 aliphatic rings. The number of aryl methyl sites for hydroxylation is 1. The van der Waals surface area contributed by atoms with E-state index in [9.17, 15) is 0 Å². The third-order valence-corrected chi connectivity index (χ3v) is 4.17. The van der Waals surface area contributed by atoms with E-state index in [1.807, 2.05) is 55.5 Å². The number of hydrogen-bond donors (Lipinski definition) is 2. The highest BCUT2D eigenvalue weighted by atomic mass is 79.9. The Bertz CT molecular complexity index is 792. The topological polar surface area (TPSA) is 62.7 Å². The van der Waals surface area contributed by atoms with Crippen molar-refractivity contribution in [2.45, 2.75) is 13.5 Å². The molecule has 0 bridgehead atoms. The van der Waals surface area contributed by atoms with Crippen molar-refractivity contribution in [3.05, 3.63) is 70.3 Å². The van der Waals surface area contributed by atoms with Crippen molar-refractivity contribution in [1.82, 2.24) is 15.2 Å². The van der Waals surface area contributed by atoms with Gasteiger partial charge in [-0.05, 0) is 36.2 Å². The molecule has 5 nitrogen and oxygen atoms in total. The third-order valence-electron chi connectivity index (χ3n) is 3.28. The zero-order chi connectivity index (χ0) is 16.1. The van der Waals surface area contributed by atoms with E-state index in [0.717, 1.165) is 21.3 Å². The Morgan fingerprint density at radius 1 is 1.09 bits per heavy atom. The largest absolute Gasteiger partial charge is 0.349 e. The minimum absolute atomic E-state index is 0.493. The SMILES string of the molecule is Cc1cc(Nc2cnnc(NCc3ccccc3)n2)ccc1Br. The van der Waals surface area contributed by atoms with Crippen LogP contribution in [0.3, 0.4) is 0 Å². The lowest BCUT2D eigenvalue weighted by Gasteiger charge is -2.09. The van der Waals surface area contributed by atoms with Crippen LogP contribution in [0.1, 0.15) is 11.1 Å². The van der Waals surface area contributed by atoms with Crippen molar-refractivity contribution in [2.75, 3.05) is 10.6 Å². The van der Waals surface area contributed by atoms with E-state index < -0.39 is 0 Å². The lowest BCUT2D eigenvalue weighted by atomic mass is 10.2. The van der Waals surface area contributed by atoms with Gasteiger partial charge in [0, 0.05) is 16.7 Å². The average molecular weight is 370 g/mol. The molecule has 0 spiro atoms. The van der Waals surface area contributed by atoms with Gasteiger partial charge in [-0.15, -0.1) is 5.10 Å². The summed E-state index contributed by atoms with van der Waals surface area (Å²) in [5.74, 6) is 1.14. The number of rotatable bonds is 5. The molecule has 116 valence electrons. The fraction of sp³-hybridized carbons (Fsp3) is 0.118. The summed E-state index contributed by atoms with van der Waals surface area (Å²) in [6, 6.07) is 16.1. The van der Waals surface area contributed by atoms with Gasteiger partial charge in [0.15, 0.2) is 5.82 Å². The fourth-order valence-corrected chi connectivity index (χ4v) is 2.33. The first kappa shape index (κ1) is 15.4. The molecular formula is C17H16BrN5. The predicted octanol–water partition coefficient (Wildman–Crippen LogP) is 4.30. The van der Waals surface area contributed by atoms with Crippen LogP contribution in [0.2, 0.25) is 0 Å². The molecule has 0 saturated heterocycles. The van der Waals surface area contributed by atoms with Gasteiger partial charge in [-0.25, -0.2) is 0 Å². The van der Waals surface area contributed by atoms with E-state index in [0.29, 0.717) is 18.3 Å². The molecule has 23 heavy (non-hydrogen) atoms. The van der Waals surface area contributed by atoms with Crippen LogP contribution in [0.4, 0.5) is 17.5 Å². The smallest absolute Gasteiger partial charge is 0.244 e. The van der Waals surface area contributed by atoms with Crippen molar-refractivity contribution in [2.24, 2.45) is 0 Å². The number of aromatic nitrogens is 3. The number of benzene rings is 2. The Kier molecular flexibility index (Phi) is 4.83. The molecule has 0 atom stereocenters. The molecule has 1 aromatic heterocycles. The molecule has 0 amide bonds. The van der Waals surface area contributed by atoms with Crippen LogP contribution in [0, 0.1) is 6.92 Å². The van der Waals surface area contributed by atoms with Gasteiger partial charge in [-0.3, -0.25) is 0 Å². The summed E-state index contributed by atoms with van der Waals surface area (Å²) in [5, 5.41) is 14.4. The standard InChI is InChI=1S/C17H16BrN5/c1-12-9-14(7-8-15(12)18)21-16-11-20-23-17(22-16)19-10-13-5-3-2-4-6-13/h2-9,11H,10H2,1H3,(H2,19,21,22,23). The van der Waals surface area contributed by atoms with Crippen LogP contribution in [-0.4, -0.2) is 15.2 Å². The van der Waals surface area contributed by atoms with Crippen LogP contribution >= 0.6 is 15.9 Å². The molecule has 0 saturated carbocycles. The molecule has 0 fully saturated rings. The fourth-order valence-electron chi connectivity index (χ4n) is 2.09. The van der Waals surface area contributed by atoms with Gasteiger partial charge in [0.2, 0.25) is 5.95 Å². The minimum Gasteiger partial charge on any atom is -0.349 e. The lowest BCUT2D eigenvalue weighted by molar-refractivity contribution is 0.949. The first-order chi connectivity index (χ1) is 11.2. The van der Waals surface area contributed by atoms with Crippen LogP contribution < -0.4 is 10.6 Å². The number of anilines is 3. The second kappa shape index (κ2) is 7.19. The summed E-state index contributed by atoms with van der Waals surface area (Å²) in [4.78, 5) is 4.43. The first-order valence-electron chi connectivity index (χ1n) is 7.21. The molecule has 0 unspecified atom stereocenters. The first-order valence-corrected chi connectivity index (χ1v) is 8.01. The van der Waals surface area contributed by atoms with Gasteiger partial charge < -0.3 is 10.6 Å². The normalized spacial score (nSPS) is 10.3. The Morgan fingerprint density at radius 3 is 2.70 bits per heavy atom. The third kappa shape index (κ3) is 4.26. The molecule has 2 aromatic carbocycles. The molecule has 0 aliphatic heterocycles. The molecular weight excluding hydrogens is 354 g/mol. The highest BCUT2D eigenvalue weighted by Gasteiger charge is 2.03. The molecule has 3 rings (SSSR count). The summed E-state index contributed by atoms with van der Waals surface area (Å²) in [6.45, 7) is 2.70. The van der Waals surface area contributed by atoms with Crippen molar-refractivity contribution in [1.29, 1.82) is 0 Å². The average Bonchev–Trinajstić information content (AvgIpc) is 2.58. The van der Waals surface area contributed by atoms with E-state index in [-0.39, 0.29) is 0 Å². The number of halogens is 1. The quantitative estimate of drug-likeness (QED) is 0.701. The van der Waals surface area contributed by atoms with Gasteiger partial charge in [0.25, 0.3) is 0 Å². The van der Waals surface area contributed by atoms with E-state index in [1.54, 1.807) is 6.20 Å². The van der Waals surface area contributed by atoms with E-state index >= 15 is 0 Å². The van der Waals surface area contributed by atoms with Gasteiger partial charge in [-0.2, -0.15) is 10.1 Å². The van der Waals surface area contributed by atoms with Crippen LogP contribution in [0.15, 0.2) is 59.2 Å². The van der Waals surface area contributed by atoms with E-state index in [4.69, 9.17) is 0 Å². The summed E-state index contributed by atoms with van der Waals surface area (Å²) in [7, 11) is 0. The van der Waals surface area contributed by atoms with Crippen molar-refractivity contribution >= 4 is 33.4 Å². The van der Waals surface area contributed by atoms with Crippen LogP contribution in [0.5, 0.6) is 0 Å². The molecule has 0 radical (unpaired) electrons. The minimum atomic E-state index is 0.493. The Labute approximate surface area is 143 Å². The van der Waals surface area contributed by atoms with Gasteiger partial charge >= 0.3 is 0 Å². The number of nitrogens with zero attached hydrogens (tertiary/aromatic N) is 3. The maximum atomic E-state index is 4.43. The number of nitrogens with one attached hydrogen (secondary N) is 2. The van der Waals surface area contributed by atoms with Crippen molar-refractivity contribution in [3.8, 4) is 0 Å². The second-order valence-electron chi connectivity index (χ2n) is 5.09. The van der Waals surface area contributed by atoms with Gasteiger partial charge in [0.1, 0.15) is 0 Å². The van der Waals surface area contributed by atoms with Gasteiger partial charge in [0.05, 0.1) is 6.20 Å². The van der Waals surface area contributed by atoms with E-state index in [1.165, 1.54) is 0 Å². The second-order valence-corrected chi connectivity index (χ2v) is 5.95. The summed E-state index contributed by atoms with van der Waals surface area (Å²) in [6.07, 6.45) is 1.60. The molecule has 3 aromatic rings.